The van der Waals surface area contributed by atoms with E-state index in [0.29, 0.717) is 16.3 Å². The number of rotatable bonds is 4. The first-order valence-electron chi connectivity index (χ1n) is 6.46. The molecule has 2 N–H and O–H groups in total. The van der Waals surface area contributed by atoms with Crippen LogP contribution in [0.1, 0.15) is 28.4 Å². The van der Waals surface area contributed by atoms with Crippen molar-refractivity contribution in [2.24, 2.45) is 0 Å². The van der Waals surface area contributed by atoms with Gasteiger partial charge in [0.15, 0.2) is 0 Å². The van der Waals surface area contributed by atoms with Crippen molar-refractivity contribution in [3.8, 4) is 0 Å². The third-order valence-electron chi connectivity index (χ3n) is 2.74. The predicted molar refractivity (Wildman–Crippen MR) is 90.1 cm³/mol. The summed E-state index contributed by atoms with van der Waals surface area (Å²) < 4.78 is 0.965. The topological polar surface area (TPSA) is 58.2 Å². The van der Waals surface area contributed by atoms with E-state index in [4.69, 9.17) is 0 Å². The molecule has 0 atom stereocenters. The average molecular weight is 367 g/mol. The van der Waals surface area contributed by atoms with Gasteiger partial charge in [-0.1, -0.05) is 13.0 Å². The minimum absolute atomic E-state index is 0.145. The molecule has 1 heterocycles. The largest absolute Gasteiger partial charge is 0.326 e. The van der Waals surface area contributed by atoms with E-state index in [2.05, 4.69) is 33.5 Å². The van der Waals surface area contributed by atoms with E-state index in [0.717, 1.165) is 15.8 Å². The molecule has 4 nitrogen and oxygen atoms in total. The summed E-state index contributed by atoms with van der Waals surface area (Å²) in [6.07, 6.45) is 0.885. The number of aryl methyl sites for hydroxylation is 1. The van der Waals surface area contributed by atoms with Crippen LogP contribution in [0.25, 0.3) is 0 Å². The molecular formula is C15H15BrN2O2S. The quantitative estimate of drug-likeness (QED) is 0.847. The Kier molecular flexibility index (Phi) is 5.14. The summed E-state index contributed by atoms with van der Waals surface area (Å²) in [5, 5.41) is 5.52. The van der Waals surface area contributed by atoms with Crippen LogP contribution in [0.15, 0.2) is 34.8 Å². The van der Waals surface area contributed by atoms with Gasteiger partial charge in [-0.25, -0.2) is 0 Å². The molecule has 0 bridgehead atoms. The number of amides is 2. The number of carbonyl (C=O) groups is 2. The maximum atomic E-state index is 12.2. The first-order chi connectivity index (χ1) is 9.99. The van der Waals surface area contributed by atoms with Gasteiger partial charge in [0.05, 0.1) is 4.88 Å². The van der Waals surface area contributed by atoms with Crippen molar-refractivity contribution in [1.29, 1.82) is 0 Å². The number of hydrogen-bond acceptors (Lipinski definition) is 3. The van der Waals surface area contributed by atoms with Crippen molar-refractivity contribution in [3.63, 3.8) is 0 Å². The van der Waals surface area contributed by atoms with Crippen LogP contribution >= 0.6 is 27.3 Å². The Labute approximate surface area is 135 Å². The highest BCUT2D eigenvalue weighted by Gasteiger charge is 2.12. The lowest BCUT2D eigenvalue weighted by molar-refractivity contribution is -0.114. The molecule has 1 aromatic carbocycles. The van der Waals surface area contributed by atoms with Gasteiger partial charge in [0.2, 0.25) is 5.91 Å². The molecule has 0 fully saturated rings. The predicted octanol–water partition coefficient (Wildman–Crippen LogP) is 4.28. The molecule has 0 spiro atoms. The van der Waals surface area contributed by atoms with E-state index in [9.17, 15) is 9.59 Å². The van der Waals surface area contributed by atoms with Crippen molar-refractivity contribution in [1.82, 2.24) is 0 Å². The Bertz CT molecular complexity index is 682. The standard InChI is InChI=1S/C15H15BrN2O2S/c1-3-13-12(16)8-14(21-13)15(20)18-11-6-4-5-10(7-11)17-9(2)19/h4-8H,3H2,1-2H3,(H,17,19)(H,18,20). The first-order valence-corrected chi connectivity index (χ1v) is 8.07. The van der Waals surface area contributed by atoms with Gasteiger partial charge >= 0.3 is 0 Å². The summed E-state index contributed by atoms with van der Waals surface area (Å²) >= 11 is 4.93. The van der Waals surface area contributed by atoms with Gasteiger partial charge in [-0.2, -0.15) is 0 Å². The highest BCUT2D eigenvalue weighted by atomic mass is 79.9. The Balaban J connectivity index is 2.13. The van der Waals surface area contributed by atoms with Crippen LogP contribution in [0.4, 0.5) is 11.4 Å². The fourth-order valence-corrected chi connectivity index (χ4v) is 3.62. The van der Waals surface area contributed by atoms with Crippen LogP contribution in [0.3, 0.4) is 0 Å². The zero-order chi connectivity index (χ0) is 15.4. The van der Waals surface area contributed by atoms with Gasteiger partial charge in [0.1, 0.15) is 0 Å². The van der Waals surface area contributed by atoms with Gasteiger partial charge in [-0.15, -0.1) is 11.3 Å². The third kappa shape index (κ3) is 4.15. The second-order valence-electron chi connectivity index (χ2n) is 4.45. The van der Waals surface area contributed by atoms with Gasteiger partial charge in [0.25, 0.3) is 5.91 Å². The van der Waals surface area contributed by atoms with Crippen molar-refractivity contribution in [2.75, 3.05) is 10.6 Å². The summed E-state index contributed by atoms with van der Waals surface area (Å²) in [7, 11) is 0. The molecule has 2 amide bonds. The first kappa shape index (κ1) is 15.7. The molecule has 6 heteroatoms. The molecule has 0 aliphatic rings. The fourth-order valence-electron chi connectivity index (χ4n) is 1.83. The molecule has 0 aliphatic heterocycles. The Morgan fingerprint density at radius 2 is 1.86 bits per heavy atom. The van der Waals surface area contributed by atoms with E-state index in [1.807, 2.05) is 6.07 Å². The molecule has 2 aromatic rings. The molecule has 0 radical (unpaired) electrons. The van der Waals surface area contributed by atoms with Gasteiger partial charge in [-0.05, 0) is 46.6 Å². The monoisotopic (exact) mass is 366 g/mol. The molecule has 2 rings (SSSR count). The van der Waals surface area contributed by atoms with E-state index in [-0.39, 0.29) is 11.8 Å². The van der Waals surface area contributed by atoms with Crippen LogP contribution in [-0.4, -0.2) is 11.8 Å². The molecule has 0 unspecified atom stereocenters. The van der Waals surface area contributed by atoms with E-state index in [1.165, 1.54) is 18.3 Å². The zero-order valence-corrected chi connectivity index (χ0v) is 14.1. The normalized spacial score (nSPS) is 10.2. The lowest BCUT2D eigenvalue weighted by Crippen LogP contribution is -2.11. The summed E-state index contributed by atoms with van der Waals surface area (Å²) in [5.41, 5.74) is 1.30. The van der Waals surface area contributed by atoms with Gasteiger partial charge in [-0.3, -0.25) is 9.59 Å². The smallest absolute Gasteiger partial charge is 0.265 e. The Morgan fingerprint density at radius 1 is 1.19 bits per heavy atom. The van der Waals surface area contributed by atoms with Crippen LogP contribution < -0.4 is 10.6 Å². The van der Waals surface area contributed by atoms with Crippen LogP contribution in [-0.2, 0) is 11.2 Å². The summed E-state index contributed by atoms with van der Waals surface area (Å²) in [6.45, 7) is 3.50. The van der Waals surface area contributed by atoms with Crippen LogP contribution in [0.2, 0.25) is 0 Å². The minimum Gasteiger partial charge on any atom is -0.326 e. The number of hydrogen-bond donors (Lipinski definition) is 2. The van der Waals surface area contributed by atoms with Crippen LogP contribution in [0, 0.1) is 0 Å². The second-order valence-corrected chi connectivity index (χ2v) is 6.44. The van der Waals surface area contributed by atoms with E-state index >= 15 is 0 Å². The lowest BCUT2D eigenvalue weighted by atomic mass is 10.2. The minimum atomic E-state index is -0.152. The Morgan fingerprint density at radius 3 is 2.43 bits per heavy atom. The highest BCUT2D eigenvalue weighted by molar-refractivity contribution is 9.10. The van der Waals surface area contributed by atoms with Crippen molar-refractivity contribution >= 4 is 50.5 Å². The maximum absolute atomic E-state index is 12.2. The zero-order valence-electron chi connectivity index (χ0n) is 11.7. The van der Waals surface area contributed by atoms with Crippen molar-refractivity contribution in [3.05, 3.63) is 44.6 Å². The van der Waals surface area contributed by atoms with Gasteiger partial charge in [0, 0.05) is 27.6 Å². The Hall–Kier alpha value is -1.66. The number of nitrogens with one attached hydrogen (secondary N) is 2. The molecule has 21 heavy (non-hydrogen) atoms. The van der Waals surface area contributed by atoms with E-state index < -0.39 is 0 Å². The highest BCUT2D eigenvalue weighted by Crippen LogP contribution is 2.28. The summed E-state index contributed by atoms with van der Waals surface area (Å²) in [6, 6.07) is 8.89. The summed E-state index contributed by atoms with van der Waals surface area (Å²) in [5.74, 6) is -0.298. The van der Waals surface area contributed by atoms with Crippen molar-refractivity contribution in [2.45, 2.75) is 20.3 Å². The number of anilines is 2. The van der Waals surface area contributed by atoms with Gasteiger partial charge < -0.3 is 10.6 Å². The third-order valence-corrected chi connectivity index (χ3v) is 4.99. The molecule has 0 saturated heterocycles. The molecular weight excluding hydrogens is 352 g/mol. The molecule has 1 aromatic heterocycles. The van der Waals surface area contributed by atoms with Crippen LogP contribution in [0.5, 0.6) is 0 Å². The second kappa shape index (κ2) is 6.87. The average Bonchev–Trinajstić information content (AvgIpc) is 2.79. The molecule has 0 saturated carbocycles. The fraction of sp³-hybridized carbons (Fsp3) is 0.200. The lowest BCUT2D eigenvalue weighted by Gasteiger charge is -2.06. The molecule has 110 valence electrons. The number of carbonyl (C=O) groups excluding carboxylic acids is 2. The van der Waals surface area contributed by atoms with Crippen molar-refractivity contribution < 1.29 is 9.59 Å². The van der Waals surface area contributed by atoms with E-state index in [1.54, 1.807) is 24.3 Å². The number of thiophene rings is 1. The maximum Gasteiger partial charge on any atom is 0.265 e. The summed E-state index contributed by atoms with van der Waals surface area (Å²) in [4.78, 5) is 25.1. The molecule has 0 aliphatic carbocycles. The SMILES string of the molecule is CCc1sc(C(=O)Nc2cccc(NC(C)=O)c2)cc1Br. The number of halogens is 1. The number of benzene rings is 1.